The van der Waals surface area contributed by atoms with Gasteiger partial charge in [0, 0.05) is 0 Å². The zero-order valence-electron chi connectivity index (χ0n) is 6.90. The van der Waals surface area contributed by atoms with Crippen molar-refractivity contribution in [1.29, 1.82) is 0 Å². The third kappa shape index (κ3) is 1.35. The van der Waals surface area contributed by atoms with Crippen LogP contribution in [0.5, 0.6) is 0 Å². The van der Waals surface area contributed by atoms with Crippen LogP contribution in [-0.4, -0.2) is 20.3 Å². The van der Waals surface area contributed by atoms with Crippen LogP contribution in [0.3, 0.4) is 0 Å². The first-order valence-electron chi connectivity index (χ1n) is 3.71. The first-order valence-corrected chi connectivity index (χ1v) is 4.11. The van der Waals surface area contributed by atoms with Gasteiger partial charge in [0.2, 0.25) is 0 Å². The first kappa shape index (κ1) is 8.04. The molecule has 0 unspecified atom stereocenters. The fourth-order valence-corrected chi connectivity index (χ4v) is 1.21. The Hall–Kier alpha value is -1.58. The smallest absolute Gasteiger partial charge is 0.163 e. The number of isothiocyanates is 1. The van der Waals surface area contributed by atoms with Crippen molar-refractivity contribution in [3.05, 3.63) is 17.8 Å². The molecule has 4 nitrogen and oxygen atoms in total. The van der Waals surface area contributed by atoms with E-state index in [0.717, 1.165) is 16.7 Å². The molecule has 0 radical (unpaired) electrons. The monoisotopic (exact) mass is 190 g/mol. The summed E-state index contributed by atoms with van der Waals surface area (Å²) < 4.78 is 0. The average Bonchev–Trinajstić information content (AvgIpc) is 2.49. The van der Waals surface area contributed by atoms with Gasteiger partial charge in [-0.2, -0.15) is 10.1 Å². The predicted octanol–water partition coefficient (Wildman–Crippen LogP) is 2.00. The number of nitrogens with zero attached hydrogens (tertiary/aromatic N) is 3. The normalized spacial score (nSPS) is 9.92. The Kier molecular flexibility index (Phi) is 1.88. The molecule has 1 N–H and O–H groups in total. The van der Waals surface area contributed by atoms with Crippen LogP contribution >= 0.6 is 12.2 Å². The first-order chi connectivity index (χ1) is 6.31. The lowest BCUT2D eigenvalue weighted by Crippen LogP contribution is -1.77. The molecular formula is C8H6N4S. The average molecular weight is 190 g/mol. The maximum Gasteiger partial charge on any atom is 0.163 e. The van der Waals surface area contributed by atoms with Crippen LogP contribution in [0.15, 0.2) is 17.1 Å². The van der Waals surface area contributed by atoms with Gasteiger partial charge in [-0.05, 0) is 31.3 Å². The van der Waals surface area contributed by atoms with E-state index in [-0.39, 0.29) is 0 Å². The van der Waals surface area contributed by atoms with Crippen LogP contribution in [0.1, 0.15) is 5.69 Å². The molecule has 2 heterocycles. The second kappa shape index (κ2) is 3.05. The fourth-order valence-electron chi connectivity index (χ4n) is 1.11. The number of aromatic nitrogens is 3. The van der Waals surface area contributed by atoms with E-state index in [9.17, 15) is 0 Å². The van der Waals surface area contributed by atoms with Crippen LogP contribution in [0.2, 0.25) is 0 Å². The predicted molar refractivity (Wildman–Crippen MR) is 53.3 cm³/mol. The van der Waals surface area contributed by atoms with Gasteiger partial charge in [-0.1, -0.05) is 0 Å². The van der Waals surface area contributed by atoms with E-state index in [4.69, 9.17) is 0 Å². The summed E-state index contributed by atoms with van der Waals surface area (Å²) in [5.74, 6) is 0.562. The Balaban J connectivity index is 2.72. The van der Waals surface area contributed by atoms with Crippen molar-refractivity contribution in [1.82, 2.24) is 15.2 Å². The highest BCUT2D eigenvalue weighted by Gasteiger charge is 2.02. The topological polar surface area (TPSA) is 53.9 Å². The highest BCUT2D eigenvalue weighted by Crippen LogP contribution is 2.16. The number of nitrogens with one attached hydrogen (secondary N) is 1. The molecule has 0 amide bonds. The Labute approximate surface area is 79.7 Å². The molecule has 2 aromatic heterocycles. The number of aromatic amines is 1. The molecule has 13 heavy (non-hydrogen) atoms. The van der Waals surface area contributed by atoms with Gasteiger partial charge >= 0.3 is 0 Å². The number of fused-ring (bicyclic) bond motifs is 1. The van der Waals surface area contributed by atoms with Gasteiger partial charge in [0.05, 0.1) is 10.9 Å². The highest BCUT2D eigenvalue weighted by molar-refractivity contribution is 7.78. The number of thiocarbonyl (C=S) groups is 1. The molecule has 5 heteroatoms. The van der Waals surface area contributed by atoms with E-state index in [2.05, 4.69) is 37.6 Å². The SMILES string of the molecule is Cc1[nH]nc2ccc(N=C=S)nc12. The van der Waals surface area contributed by atoms with Crippen molar-refractivity contribution in [3.8, 4) is 0 Å². The molecule has 2 rings (SSSR count). The van der Waals surface area contributed by atoms with E-state index in [1.54, 1.807) is 6.07 Å². The number of rotatable bonds is 1. The summed E-state index contributed by atoms with van der Waals surface area (Å²) in [5, 5.41) is 9.16. The molecule has 2 aromatic rings. The number of pyridine rings is 1. The molecule has 0 saturated heterocycles. The van der Waals surface area contributed by atoms with E-state index in [0.29, 0.717) is 5.82 Å². The Morgan fingerprint density at radius 2 is 2.38 bits per heavy atom. The molecule has 0 aliphatic heterocycles. The van der Waals surface area contributed by atoms with E-state index < -0.39 is 0 Å². The summed E-state index contributed by atoms with van der Waals surface area (Å²) in [6, 6.07) is 3.60. The van der Waals surface area contributed by atoms with Gasteiger partial charge in [-0.25, -0.2) is 4.98 Å². The minimum Gasteiger partial charge on any atom is -0.280 e. The zero-order chi connectivity index (χ0) is 9.26. The van der Waals surface area contributed by atoms with Crippen LogP contribution in [0, 0.1) is 6.92 Å². The molecule has 0 bridgehead atoms. The summed E-state index contributed by atoms with van der Waals surface area (Å²) in [5.41, 5.74) is 2.59. The highest BCUT2D eigenvalue weighted by atomic mass is 32.1. The van der Waals surface area contributed by atoms with E-state index >= 15 is 0 Å². The van der Waals surface area contributed by atoms with E-state index in [1.165, 1.54) is 0 Å². The Bertz CT molecular complexity index is 496. The maximum atomic E-state index is 4.49. The van der Waals surface area contributed by atoms with Crippen molar-refractivity contribution in [3.63, 3.8) is 0 Å². The van der Waals surface area contributed by atoms with Crippen LogP contribution in [-0.2, 0) is 0 Å². The Morgan fingerprint density at radius 1 is 1.54 bits per heavy atom. The molecule has 0 fully saturated rings. The van der Waals surface area contributed by atoms with Gasteiger partial charge in [0.15, 0.2) is 5.82 Å². The fraction of sp³-hybridized carbons (Fsp3) is 0.125. The molecule has 64 valence electrons. The summed E-state index contributed by atoms with van der Waals surface area (Å²) >= 11 is 4.49. The Morgan fingerprint density at radius 3 is 3.15 bits per heavy atom. The minimum atomic E-state index is 0.562. The second-order valence-corrected chi connectivity index (χ2v) is 2.77. The summed E-state index contributed by atoms with van der Waals surface area (Å²) in [6.45, 7) is 1.91. The second-order valence-electron chi connectivity index (χ2n) is 2.59. The van der Waals surface area contributed by atoms with E-state index in [1.807, 2.05) is 13.0 Å². The van der Waals surface area contributed by atoms with Crippen molar-refractivity contribution >= 4 is 34.2 Å². The summed E-state index contributed by atoms with van der Waals surface area (Å²) in [7, 11) is 0. The lowest BCUT2D eigenvalue weighted by Gasteiger charge is -1.90. The van der Waals surface area contributed by atoms with Gasteiger partial charge in [0.1, 0.15) is 11.0 Å². The van der Waals surface area contributed by atoms with Crippen LogP contribution < -0.4 is 0 Å². The van der Waals surface area contributed by atoms with Crippen molar-refractivity contribution in [2.45, 2.75) is 6.92 Å². The molecule has 0 saturated carbocycles. The third-order valence-corrected chi connectivity index (χ3v) is 1.81. The minimum absolute atomic E-state index is 0.562. The lowest BCUT2D eigenvalue weighted by atomic mass is 10.3. The van der Waals surface area contributed by atoms with Crippen molar-refractivity contribution < 1.29 is 0 Å². The molecule has 0 aromatic carbocycles. The van der Waals surface area contributed by atoms with Crippen LogP contribution in [0.25, 0.3) is 11.0 Å². The third-order valence-electron chi connectivity index (χ3n) is 1.72. The molecule has 0 aliphatic carbocycles. The van der Waals surface area contributed by atoms with Gasteiger partial charge in [-0.15, -0.1) is 0 Å². The number of aryl methyl sites for hydroxylation is 1. The number of H-pyrrole nitrogens is 1. The van der Waals surface area contributed by atoms with Crippen molar-refractivity contribution in [2.24, 2.45) is 4.99 Å². The molecular weight excluding hydrogens is 184 g/mol. The zero-order valence-corrected chi connectivity index (χ0v) is 7.72. The molecule has 0 atom stereocenters. The molecule has 0 aliphatic rings. The van der Waals surface area contributed by atoms with Gasteiger partial charge in [-0.3, -0.25) is 5.10 Å². The van der Waals surface area contributed by atoms with Gasteiger partial charge in [0.25, 0.3) is 0 Å². The largest absolute Gasteiger partial charge is 0.280 e. The van der Waals surface area contributed by atoms with Crippen molar-refractivity contribution in [2.75, 3.05) is 0 Å². The summed E-state index contributed by atoms with van der Waals surface area (Å²) in [4.78, 5) is 8.02. The standard InChI is InChI=1S/C8H6N4S/c1-5-8-6(12-11-5)2-3-7(10-8)9-4-13/h2-3H,1H3,(H,11,12). The van der Waals surface area contributed by atoms with Crippen LogP contribution in [0.4, 0.5) is 5.82 Å². The quantitative estimate of drug-likeness (QED) is 0.552. The summed E-state index contributed by atoms with van der Waals surface area (Å²) in [6.07, 6.45) is 0. The maximum absolute atomic E-state index is 4.49. The number of hydrogen-bond donors (Lipinski definition) is 1. The lowest BCUT2D eigenvalue weighted by molar-refractivity contribution is 1.07. The van der Waals surface area contributed by atoms with Gasteiger partial charge < -0.3 is 0 Å². The molecule has 0 spiro atoms. The number of aliphatic imine (C=N–C) groups is 1. The number of hydrogen-bond acceptors (Lipinski definition) is 4.